The van der Waals surface area contributed by atoms with Gasteiger partial charge in [0.1, 0.15) is 11.6 Å². The van der Waals surface area contributed by atoms with Crippen LogP contribution in [0.5, 0.6) is 5.75 Å². The molecule has 2 nitrogen and oxygen atoms in total. The molecule has 1 rings (SSSR count). The average Bonchev–Trinajstić information content (AvgIpc) is 2.13. The zero-order chi connectivity index (χ0) is 9.84. The number of hydrogen-bond donors (Lipinski definition) is 0. The van der Waals surface area contributed by atoms with Crippen molar-refractivity contribution in [1.29, 1.82) is 0 Å². The minimum absolute atomic E-state index is 0.288. The zero-order valence-electron chi connectivity index (χ0n) is 7.63. The molecule has 13 heavy (non-hydrogen) atoms. The number of rotatable bonds is 2. The van der Waals surface area contributed by atoms with Gasteiger partial charge in [-0.15, -0.1) is 0 Å². The Morgan fingerprint density at radius 1 is 1.54 bits per heavy atom. The molecule has 0 saturated carbocycles. The molecule has 0 saturated heterocycles. The number of benzene rings is 1. The lowest BCUT2D eigenvalue weighted by Gasteiger charge is -2.05. The lowest BCUT2D eigenvalue weighted by molar-refractivity contribution is -0.134. The van der Waals surface area contributed by atoms with Crippen LogP contribution in [0.2, 0.25) is 0 Å². The lowest BCUT2D eigenvalue weighted by Crippen LogP contribution is -2.06. The van der Waals surface area contributed by atoms with Gasteiger partial charge in [0.2, 0.25) is 0 Å². The first-order valence-electron chi connectivity index (χ1n) is 4.11. The van der Waals surface area contributed by atoms with Gasteiger partial charge in [-0.25, -0.2) is 4.39 Å². The number of carbonyl (C=O) groups excluding carboxylic acids is 1. The molecule has 3 heteroatoms. The summed E-state index contributed by atoms with van der Waals surface area (Å²) in [6, 6.07) is 4.42. The van der Waals surface area contributed by atoms with Crippen LogP contribution in [-0.4, -0.2) is 5.97 Å². The third-order valence-corrected chi connectivity index (χ3v) is 1.73. The van der Waals surface area contributed by atoms with Crippen molar-refractivity contribution in [2.24, 2.45) is 0 Å². The highest BCUT2D eigenvalue weighted by molar-refractivity contribution is 5.72. The van der Waals surface area contributed by atoms with E-state index in [1.54, 1.807) is 19.9 Å². The van der Waals surface area contributed by atoms with Crippen LogP contribution in [-0.2, 0) is 4.79 Å². The first-order valence-corrected chi connectivity index (χ1v) is 4.11. The standard InChI is InChI=1S/C10H11FO2/c1-3-10(12)13-9-6-4-5-8(11)7(9)2/h4-6H,3H2,1-2H3. The molecule has 0 aromatic heterocycles. The highest BCUT2D eigenvalue weighted by Gasteiger charge is 2.07. The molecular weight excluding hydrogens is 171 g/mol. The highest BCUT2D eigenvalue weighted by Crippen LogP contribution is 2.20. The van der Waals surface area contributed by atoms with Crippen LogP contribution in [0.25, 0.3) is 0 Å². The van der Waals surface area contributed by atoms with Crippen molar-refractivity contribution in [3.63, 3.8) is 0 Å². The van der Waals surface area contributed by atoms with Gasteiger partial charge in [-0.1, -0.05) is 13.0 Å². The van der Waals surface area contributed by atoms with Crippen molar-refractivity contribution in [1.82, 2.24) is 0 Å². The van der Waals surface area contributed by atoms with Crippen LogP contribution in [0.4, 0.5) is 4.39 Å². The maximum absolute atomic E-state index is 12.9. The number of hydrogen-bond acceptors (Lipinski definition) is 2. The fourth-order valence-electron chi connectivity index (χ4n) is 0.893. The van der Waals surface area contributed by atoms with Crippen LogP contribution in [0, 0.1) is 12.7 Å². The van der Waals surface area contributed by atoms with Crippen molar-refractivity contribution in [2.75, 3.05) is 0 Å². The summed E-state index contributed by atoms with van der Waals surface area (Å²) in [4.78, 5) is 10.9. The monoisotopic (exact) mass is 182 g/mol. The molecule has 0 amide bonds. The van der Waals surface area contributed by atoms with E-state index in [9.17, 15) is 9.18 Å². The summed E-state index contributed by atoms with van der Waals surface area (Å²) in [5, 5.41) is 0. The Bertz CT molecular complexity index is 321. The highest BCUT2D eigenvalue weighted by atomic mass is 19.1. The van der Waals surface area contributed by atoms with E-state index in [1.165, 1.54) is 12.1 Å². The van der Waals surface area contributed by atoms with Gasteiger partial charge >= 0.3 is 5.97 Å². The Morgan fingerprint density at radius 2 is 2.23 bits per heavy atom. The van der Waals surface area contributed by atoms with Crippen molar-refractivity contribution in [3.8, 4) is 5.75 Å². The summed E-state index contributed by atoms with van der Waals surface area (Å²) < 4.78 is 17.8. The van der Waals surface area contributed by atoms with E-state index in [2.05, 4.69) is 0 Å². The van der Waals surface area contributed by atoms with Crippen LogP contribution in [0.3, 0.4) is 0 Å². The maximum Gasteiger partial charge on any atom is 0.310 e. The third-order valence-electron chi connectivity index (χ3n) is 1.73. The van der Waals surface area contributed by atoms with Crippen LogP contribution >= 0.6 is 0 Å². The molecule has 0 aliphatic rings. The quantitative estimate of drug-likeness (QED) is 0.518. The van der Waals surface area contributed by atoms with E-state index in [1.807, 2.05) is 0 Å². The largest absolute Gasteiger partial charge is 0.426 e. The molecular formula is C10H11FO2. The molecule has 0 bridgehead atoms. The van der Waals surface area contributed by atoms with Crippen LogP contribution in [0.15, 0.2) is 18.2 Å². The summed E-state index contributed by atoms with van der Waals surface area (Å²) in [6.45, 7) is 3.27. The van der Waals surface area contributed by atoms with E-state index in [-0.39, 0.29) is 18.2 Å². The number of esters is 1. The topological polar surface area (TPSA) is 26.3 Å². The van der Waals surface area contributed by atoms with Gasteiger partial charge in [0, 0.05) is 12.0 Å². The smallest absolute Gasteiger partial charge is 0.310 e. The number of halogens is 1. The Hall–Kier alpha value is -1.38. The van der Waals surface area contributed by atoms with Crippen LogP contribution in [0.1, 0.15) is 18.9 Å². The van der Waals surface area contributed by atoms with Crippen LogP contribution < -0.4 is 4.74 Å². The average molecular weight is 182 g/mol. The molecule has 0 aliphatic heterocycles. The van der Waals surface area contributed by atoms with E-state index < -0.39 is 0 Å². The van der Waals surface area contributed by atoms with Gasteiger partial charge in [-0.05, 0) is 19.1 Å². The van der Waals surface area contributed by atoms with Crippen molar-refractivity contribution >= 4 is 5.97 Å². The van der Waals surface area contributed by atoms with Gasteiger partial charge in [-0.3, -0.25) is 4.79 Å². The zero-order valence-corrected chi connectivity index (χ0v) is 7.63. The Kier molecular flexibility index (Phi) is 3.01. The molecule has 0 fully saturated rings. The summed E-state index contributed by atoms with van der Waals surface area (Å²) in [5.41, 5.74) is 0.365. The van der Waals surface area contributed by atoms with E-state index in [0.717, 1.165) is 0 Å². The molecule has 0 N–H and O–H groups in total. The number of ether oxygens (including phenoxy) is 1. The maximum atomic E-state index is 12.9. The van der Waals surface area contributed by atoms with E-state index >= 15 is 0 Å². The lowest BCUT2D eigenvalue weighted by atomic mass is 10.2. The van der Waals surface area contributed by atoms with Crippen molar-refractivity contribution in [3.05, 3.63) is 29.6 Å². The number of carbonyl (C=O) groups is 1. The second-order valence-electron chi connectivity index (χ2n) is 2.69. The summed E-state index contributed by atoms with van der Waals surface area (Å²) in [6.07, 6.45) is 0.288. The Morgan fingerprint density at radius 3 is 2.85 bits per heavy atom. The fraction of sp³-hybridized carbons (Fsp3) is 0.300. The molecule has 0 spiro atoms. The third kappa shape index (κ3) is 2.28. The molecule has 1 aromatic rings. The first kappa shape index (κ1) is 9.71. The summed E-state index contributed by atoms with van der Waals surface area (Å²) in [5.74, 6) is -0.415. The predicted octanol–water partition coefficient (Wildman–Crippen LogP) is 2.45. The molecule has 0 heterocycles. The summed E-state index contributed by atoms with van der Waals surface area (Å²) >= 11 is 0. The molecule has 70 valence electrons. The van der Waals surface area contributed by atoms with Gasteiger partial charge in [0.25, 0.3) is 0 Å². The SMILES string of the molecule is CCC(=O)Oc1cccc(F)c1C. The van der Waals surface area contributed by atoms with Gasteiger partial charge < -0.3 is 4.74 Å². The minimum Gasteiger partial charge on any atom is -0.426 e. The van der Waals surface area contributed by atoms with Gasteiger partial charge in [0.15, 0.2) is 0 Å². The normalized spacial score (nSPS) is 9.77. The molecule has 0 radical (unpaired) electrons. The Labute approximate surface area is 76.3 Å². The predicted molar refractivity (Wildman–Crippen MR) is 47.1 cm³/mol. The van der Waals surface area contributed by atoms with Gasteiger partial charge in [-0.2, -0.15) is 0 Å². The molecule has 1 aromatic carbocycles. The first-order chi connectivity index (χ1) is 6.15. The minimum atomic E-state index is -0.360. The second-order valence-corrected chi connectivity index (χ2v) is 2.69. The van der Waals surface area contributed by atoms with Crippen molar-refractivity contribution < 1.29 is 13.9 Å². The molecule has 0 aliphatic carbocycles. The molecule has 0 unspecified atom stereocenters. The van der Waals surface area contributed by atoms with Gasteiger partial charge in [0.05, 0.1) is 0 Å². The summed E-state index contributed by atoms with van der Waals surface area (Å²) in [7, 11) is 0. The Balaban J connectivity index is 2.89. The van der Waals surface area contributed by atoms with E-state index in [4.69, 9.17) is 4.74 Å². The van der Waals surface area contributed by atoms with Crippen molar-refractivity contribution in [2.45, 2.75) is 20.3 Å². The molecule has 0 atom stereocenters. The van der Waals surface area contributed by atoms with E-state index in [0.29, 0.717) is 11.3 Å². The fourth-order valence-corrected chi connectivity index (χ4v) is 0.893. The second kappa shape index (κ2) is 4.03.